The normalized spacial score (nSPS) is 16.0. The van der Waals surface area contributed by atoms with Gasteiger partial charge in [-0.1, -0.05) is 31.0 Å². The summed E-state index contributed by atoms with van der Waals surface area (Å²) in [6.45, 7) is 0.666. The molecule has 0 atom stereocenters. The second-order valence-electron chi connectivity index (χ2n) is 6.34. The Morgan fingerprint density at radius 3 is 2.50 bits per heavy atom. The molecule has 0 radical (unpaired) electrons. The van der Waals surface area contributed by atoms with Crippen LogP contribution in [-0.4, -0.2) is 17.4 Å². The van der Waals surface area contributed by atoms with E-state index in [9.17, 15) is 14.9 Å². The summed E-state index contributed by atoms with van der Waals surface area (Å²) < 4.78 is 0. The lowest BCUT2D eigenvalue weighted by molar-refractivity contribution is -0.384. The van der Waals surface area contributed by atoms with Crippen molar-refractivity contribution < 1.29 is 9.72 Å². The van der Waals surface area contributed by atoms with Crippen LogP contribution in [0.5, 0.6) is 0 Å². The predicted octanol–water partition coefficient (Wildman–Crippen LogP) is 3.83. The zero-order chi connectivity index (χ0) is 17.0. The average Bonchev–Trinajstić information content (AvgIpc) is 3.26. The highest BCUT2D eigenvalue weighted by Gasteiger charge is 2.36. The minimum absolute atomic E-state index is 0.0355. The van der Waals surface area contributed by atoms with Crippen LogP contribution in [0.2, 0.25) is 0 Å². The number of carbonyl (C=O) groups is 1. The van der Waals surface area contributed by atoms with Gasteiger partial charge in [0.05, 0.1) is 11.3 Å². The Morgan fingerprint density at radius 2 is 1.92 bits per heavy atom. The molecule has 0 aliphatic heterocycles. The highest BCUT2D eigenvalue weighted by atomic mass is 32.1. The fourth-order valence-electron chi connectivity index (χ4n) is 3.39. The SMILES string of the molecule is O=C(Cc1ccc([N+](=O)[O-])cc1)NCC1(c2cccs2)CCCC1. The van der Waals surface area contributed by atoms with Crippen molar-refractivity contribution >= 4 is 22.9 Å². The van der Waals surface area contributed by atoms with Crippen LogP contribution in [-0.2, 0) is 16.6 Å². The molecule has 1 aliphatic rings. The third-order valence-electron chi connectivity index (χ3n) is 4.74. The number of amides is 1. The Kier molecular flexibility index (Phi) is 4.94. The molecule has 2 aromatic rings. The fraction of sp³-hybridized carbons (Fsp3) is 0.389. The molecule has 0 unspecified atom stereocenters. The van der Waals surface area contributed by atoms with Gasteiger partial charge in [0.15, 0.2) is 0 Å². The van der Waals surface area contributed by atoms with Gasteiger partial charge >= 0.3 is 0 Å². The van der Waals surface area contributed by atoms with E-state index in [0.717, 1.165) is 18.4 Å². The maximum Gasteiger partial charge on any atom is 0.269 e. The highest BCUT2D eigenvalue weighted by molar-refractivity contribution is 7.10. The monoisotopic (exact) mass is 344 g/mol. The first-order valence-corrected chi connectivity index (χ1v) is 9.01. The van der Waals surface area contributed by atoms with Crippen molar-refractivity contribution in [2.24, 2.45) is 0 Å². The summed E-state index contributed by atoms with van der Waals surface area (Å²) in [6.07, 6.45) is 4.89. The molecular weight excluding hydrogens is 324 g/mol. The van der Waals surface area contributed by atoms with Gasteiger partial charge in [-0.15, -0.1) is 11.3 Å². The van der Waals surface area contributed by atoms with Crippen LogP contribution in [0.4, 0.5) is 5.69 Å². The fourth-order valence-corrected chi connectivity index (χ4v) is 4.38. The molecule has 6 heteroatoms. The summed E-state index contributed by atoms with van der Waals surface area (Å²) in [5, 5.41) is 15.8. The number of non-ortho nitro benzene ring substituents is 1. The third kappa shape index (κ3) is 3.64. The van der Waals surface area contributed by atoms with Gasteiger partial charge in [0.2, 0.25) is 5.91 Å². The Hall–Kier alpha value is -2.21. The largest absolute Gasteiger partial charge is 0.355 e. The first-order chi connectivity index (χ1) is 11.6. The summed E-state index contributed by atoms with van der Waals surface area (Å²) in [4.78, 5) is 23.8. The minimum Gasteiger partial charge on any atom is -0.355 e. The first-order valence-electron chi connectivity index (χ1n) is 8.13. The highest BCUT2D eigenvalue weighted by Crippen LogP contribution is 2.42. The van der Waals surface area contributed by atoms with Gasteiger partial charge in [0.25, 0.3) is 5.69 Å². The van der Waals surface area contributed by atoms with E-state index in [0.29, 0.717) is 6.54 Å². The molecule has 0 saturated heterocycles. The average molecular weight is 344 g/mol. The van der Waals surface area contributed by atoms with E-state index < -0.39 is 4.92 Å². The number of rotatable bonds is 6. The Bertz CT molecular complexity index is 704. The predicted molar refractivity (Wildman–Crippen MR) is 94.3 cm³/mol. The van der Waals surface area contributed by atoms with Crippen LogP contribution in [0.15, 0.2) is 41.8 Å². The topological polar surface area (TPSA) is 72.2 Å². The van der Waals surface area contributed by atoms with Crippen molar-refractivity contribution in [3.63, 3.8) is 0 Å². The summed E-state index contributed by atoms with van der Waals surface area (Å²) in [5.74, 6) is -0.0355. The van der Waals surface area contributed by atoms with Gasteiger partial charge < -0.3 is 5.32 Å². The molecular formula is C18H20N2O3S. The molecule has 5 nitrogen and oxygen atoms in total. The van der Waals surface area contributed by atoms with Gasteiger partial charge in [-0.2, -0.15) is 0 Å². The summed E-state index contributed by atoms with van der Waals surface area (Å²) >= 11 is 1.76. The van der Waals surface area contributed by atoms with Gasteiger partial charge in [-0.05, 0) is 29.9 Å². The number of hydrogen-bond acceptors (Lipinski definition) is 4. The lowest BCUT2D eigenvalue weighted by Gasteiger charge is -2.28. The van der Waals surface area contributed by atoms with Crippen molar-refractivity contribution in [2.45, 2.75) is 37.5 Å². The van der Waals surface area contributed by atoms with E-state index >= 15 is 0 Å². The second kappa shape index (κ2) is 7.13. The van der Waals surface area contributed by atoms with E-state index in [-0.39, 0.29) is 23.4 Å². The molecule has 1 saturated carbocycles. The maximum absolute atomic E-state index is 12.3. The van der Waals surface area contributed by atoms with E-state index in [1.54, 1.807) is 23.5 Å². The van der Waals surface area contributed by atoms with E-state index in [2.05, 4.69) is 22.8 Å². The molecule has 1 amide bonds. The number of nitro benzene ring substituents is 1. The van der Waals surface area contributed by atoms with Crippen LogP contribution < -0.4 is 5.32 Å². The third-order valence-corrected chi connectivity index (χ3v) is 5.86. The van der Waals surface area contributed by atoms with Crippen molar-refractivity contribution in [2.75, 3.05) is 6.54 Å². The van der Waals surface area contributed by atoms with E-state index in [1.165, 1.54) is 29.9 Å². The number of thiophene rings is 1. The molecule has 0 spiro atoms. The molecule has 1 aromatic carbocycles. The van der Waals surface area contributed by atoms with Crippen molar-refractivity contribution in [1.29, 1.82) is 0 Å². The molecule has 1 aliphatic carbocycles. The summed E-state index contributed by atoms with van der Waals surface area (Å²) in [5.41, 5.74) is 0.913. The second-order valence-corrected chi connectivity index (χ2v) is 7.29. The van der Waals surface area contributed by atoms with Crippen LogP contribution in [0, 0.1) is 10.1 Å². The van der Waals surface area contributed by atoms with Crippen LogP contribution >= 0.6 is 11.3 Å². The van der Waals surface area contributed by atoms with E-state index in [1.807, 2.05) is 0 Å². The lowest BCUT2D eigenvalue weighted by Crippen LogP contribution is -2.39. The minimum atomic E-state index is -0.436. The number of hydrogen-bond donors (Lipinski definition) is 1. The zero-order valence-electron chi connectivity index (χ0n) is 13.4. The van der Waals surface area contributed by atoms with E-state index in [4.69, 9.17) is 0 Å². The molecule has 0 bridgehead atoms. The molecule has 1 fully saturated rings. The maximum atomic E-state index is 12.3. The molecule has 1 aromatic heterocycles. The Balaban J connectivity index is 1.59. The number of carbonyl (C=O) groups excluding carboxylic acids is 1. The van der Waals surface area contributed by atoms with Crippen molar-refractivity contribution in [3.05, 3.63) is 62.3 Å². The number of benzene rings is 1. The van der Waals surface area contributed by atoms with Gasteiger partial charge in [0.1, 0.15) is 0 Å². The molecule has 3 rings (SSSR count). The Labute approximate surface area is 144 Å². The number of nitro groups is 1. The summed E-state index contributed by atoms with van der Waals surface area (Å²) in [6, 6.07) is 10.4. The molecule has 24 heavy (non-hydrogen) atoms. The smallest absolute Gasteiger partial charge is 0.269 e. The lowest BCUT2D eigenvalue weighted by atomic mass is 9.84. The van der Waals surface area contributed by atoms with Gasteiger partial charge in [-0.25, -0.2) is 0 Å². The van der Waals surface area contributed by atoms with Crippen LogP contribution in [0.3, 0.4) is 0 Å². The van der Waals surface area contributed by atoms with Crippen molar-refractivity contribution in [3.8, 4) is 0 Å². The van der Waals surface area contributed by atoms with Crippen LogP contribution in [0.25, 0.3) is 0 Å². The standard InChI is InChI=1S/C18H20N2O3S/c21-17(12-14-5-7-15(8-6-14)20(22)23)19-13-18(9-1-2-10-18)16-4-3-11-24-16/h3-8,11H,1-2,9-10,12-13H2,(H,19,21). The van der Waals surface area contributed by atoms with Gasteiger partial charge in [-0.3, -0.25) is 14.9 Å². The van der Waals surface area contributed by atoms with Crippen LogP contribution in [0.1, 0.15) is 36.1 Å². The molecule has 1 N–H and O–H groups in total. The molecule has 126 valence electrons. The number of nitrogens with zero attached hydrogens (tertiary/aromatic N) is 1. The first kappa shape index (κ1) is 16.6. The summed E-state index contributed by atoms with van der Waals surface area (Å²) in [7, 11) is 0. The number of nitrogens with one attached hydrogen (secondary N) is 1. The van der Waals surface area contributed by atoms with Gasteiger partial charge in [0, 0.05) is 29.0 Å². The quantitative estimate of drug-likeness (QED) is 0.639. The zero-order valence-corrected chi connectivity index (χ0v) is 14.2. The molecule has 1 heterocycles. The Morgan fingerprint density at radius 1 is 1.21 bits per heavy atom. The van der Waals surface area contributed by atoms with Crippen molar-refractivity contribution in [1.82, 2.24) is 5.32 Å².